The van der Waals surface area contributed by atoms with Gasteiger partial charge in [0.2, 0.25) is 0 Å². The highest BCUT2D eigenvalue weighted by Gasteiger charge is 2.17. The summed E-state index contributed by atoms with van der Waals surface area (Å²) in [6.45, 7) is 7.32. The molecule has 68 valence electrons. The van der Waals surface area contributed by atoms with Crippen molar-refractivity contribution in [2.24, 2.45) is 0 Å². The summed E-state index contributed by atoms with van der Waals surface area (Å²) in [4.78, 5) is 0. The molecule has 0 amide bonds. The van der Waals surface area contributed by atoms with E-state index in [1.54, 1.807) is 0 Å². The predicted molar refractivity (Wildman–Crippen MR) is 51.6 cm³/mol. The van der Waals surface area contributed by atoms with Gasteiger partial charge >= 0.3 is 0 Å². The molecular weight excluding hydrogens is 172 g/mol. The lowest BCUT2D eigenvalue weighted by atomic mass is 9.92. The maximum Gasteiger partial charge on any atom is 0.0548 e. The highest BCUT2D eigenvalue weighted by molar-refractivity contribution is 6.17. The topological polar surface area (TPSA) is 17.8 Å². The zero-order valence-corrected chi connectivity index (χ0v) is 8.60. The molecular formula is C9H15ClN2. The largest absolute Gasteiger partial charge is 0.268 e. The summed E-state index contributed by atoms with van der Waals surface area (Å²) in [5, 5.41) is 4.20. The summed E-state index contributed by atoms with van der Waals surface area (Å²) in [5.74, 6) is 0.616. The molecule has 1 aromatic rings. The third-order valence-corrected chi connectivity index (χ3v) is 1.95. The second-order valence-corrected chi connectivity index (χ2v) is 4.26. The number of nitrogens with zero attached hydrogens (tertiary/aromatic N) is 2. The molecule has 0 aliphatic carbocycles. The second-order valence-electron chi connectivity index (χ2n) is 3.88. The Morgan fingerprint density at radius 1 is 1.50 bits per heavy atom. The number of halogens is 1. The van der Waals surface area contributed by atoms with Gasteiger partial charge in [-0.3, -0.25) is 4.68 Å². The minimum atomic E-state index is 0.155. The van der Waals surface area contributed by atoms with E-state index in [1.807, 2.05) is 16.9 Å². The average Bonchev–Trinajstić information content (AvgIpc) is 2.34. The SMILES string of the molecule is CC(C)(C)c1ccnn1CCCl. The molecule has 0 atom stereocenters. The molecule has 0 spiro atoms. The molecule has 0 radical (unpaired) electrons. The molecule has 0 fully saturated rings. The normalized spacial score (nSPS) is 12.0. The van der Waals surface area contributed by atoms with Crippen LogP contribution in [0, 0.1) is 0 Å². The van der Waals surface area contributed by atoms with Crippen LogP contribution in [0.3, 0.4) is 0 Å². The van der Waals surface area contributed by atoms with Gasteiger partial charge in [-0.25, -0.2) is 0 Å². The van der Waals surface area contributed by atoms with Crippen LogP contribution in [0.5, 0.6) is 0 Å². The number of aromatic nitrogens is 2. The fourth-order valence-electron chi connectivity index (χ4n) is 1.23. The summed E-state index contributed by atoms with van der Waals surface area (Å²) in [6.07, 6.45) is 1.83. The van der Waals surface area contributed by atoms with Crippen LogP contribution in [0.25, 0.3) is 0 Å². The highest BCUT2D eigenvalue weighted by Crippen LogP contribution is 2.21. The molecule has 1 heterocycles. The zero-order valence-electron chi connectivity index (χ0n) is 7.84. The van der Waals surface area contributed by atoms with Gasteiger partial charge in [0.1, 0.15) is 0 Å². The van der Waals surface area contributed by atoms with Crippen LogP contribution >= 0.6 is 11.6 Å². The lowest BCUT2D eigenvalue weighted by Gasteiger charge is -2.19. The van der Waals surface area contributed by atoms with Gasteiger partial charge in [-0.05, 0) is 6.07 Å². The van der Waals surface area contributed by atoms with Crippen molar-refractivity contribution in [2.75, 3.05) is 5.88 Å². The maximum atomic E-state index is 5.65. The van der Waals surface area contributed by atoms with Crippen LogP contribution in [0.2, 0.25) is 0 Å². The Labute approximate surface area is 78.5 Å². The van der Waals surface area contributed by atoms with Crippen molar-refractivity contribution in [2.45, 2.75) is 32.7 Å². The first-order valence-electron chi connectivity index (χ1n) is 4.14. The van der Waals surface area contributed by atoms with E-state index >= 15 is 0 Å². The predicted octanol–water partition coefficient (Wildman–Crippen LogP) is 2.42. The fraction of sp³-hybridized carbons (Fsp3) is 0.667. The van der Waals surface area contributed by atoms with Crippen molar-refractivity contribution in [3.05, 3.63) is 18.0 Å². The van der Waals surface area contributed by atoms with Crippen molar-refractivity contribution in [3.63, 3.8) is 0 Å². The van der Waals surface area contributed by atoms with E-state index in [9.17, 15) is 0 Å². The number of hydrogen-bond acceptors (Lipinski definition) is 1. The van der Waals surface area contributed by atoms with Crippen LogP contribution < -0.4 is 0 Å². The van der Waals surface area contributed by atoms with Gasteiger partial charge in [0.05, 0.1) is 6.54 Å². The van der Waals surface area contributed by atoms with E-state index in [1.165, 1.54) is 5.69 Å². The molecule has 0 saturated heterocycles. The van der Waals surface area contributed by atoms with E-state index in [4.69, 9.17) is 11.6 Å². The van der Waals surface area contributed by atoms with Gasteiger partial charge in [-0.15, -0.1) is 11.6 Å². The van der Waals surface area contributed by atoms with Crippen LogP contribution in [-0.4, -0.2) is 15.7 Å². The standard InChI is InChI=1S/C9H15ClN2/c1-9(2,3)8-4-6-11-12(8)7-5-10/h4,6H,5,7H2,1-3H3. The number of rotatable bonds is 2. The van der Waals surface area contributed by atoms with Crippen LogP contribution in [0.4, 0.5) is 0 Å². The highest BCUT2D eigenvalue weighted by atomic mass is 35.5. The van der Waals surface area contributed by atoms with Crippen molar-refractivity contribution >= 4 is 11.6 Å². The average molecular weight is 187 g/mol. The fourth-order valence-corrected chi connectivity index (χ4v) is 1.39. The van der Waals surface area contributed by atoms with E-state index in [0.29, 0.717) is 5.88 Å². The van der Waals surface area contributed by atoms with E-state index in [-0.39, 0.29) is 5.41 Å². The van der Waals surface area contributed by atoms with Gasteiger partial charge < -0.3 is 0 Å². The first-order chi connectivity index (χ1) is 5.55. The van der Waals surface area contributed by atoms with Crippen molar-refractivity contribution in [1.82, 2.24) is 9.78 Å². The maximum absolute atomic E-state index is 5.65. The first-order valence-corrected chi connectivity index (χ1v) is 4.67. The van der Waals surface area contributed by atoms with Crippen molar-refractivity contribution in [1.29, 1.82) is 0 Å². The minimum Gasteiger partial charge on any atom is -0.268 e. The van der Waals surface area contributed by atoms with Crippen LogP contribution in [-0.2, 0) is 12.0 Å². The summed E-state index contributed by atoms with van der Waals surface area (Å²) >= 11 is 5.65. The molecule has 0 aliphatic rings. The quantitative estimate of drug-likeness (QED) is 0.649. The third-order valence-electron chi connectivity index (χ3n) is 1.78. The van der Waals surface area contributed by atoms with Gasteiger partial charge in [0.15, 0.2) is 0 Å². The lowest BCUT2D eigenvalue weighted by molar-refractivity contribution is 0.499. The van der Waals surface area contributed by atoms with Crippen molar-refractivity contribution in [3.8, 4) is 0 Å². The Morgan fingerprint density at radius 3 is 2.67 bits per heavy atom. The number of alkyl halides is 1. The summed E-state index contributed by atoms with van der Waals surface area (Å²) < 4.78 is 1.97. The zero-order chi connectivity index (χ0) is 9.19. The molecule has 3 heteroatoms. The van der Waals surface area contributed by atoms with Crippen molar-refractivity contribution < 1.29 is 0 Å². The Kier molecular flexibility index (Phi) is 2.78. The molecule has 0 aliphatic heterocycles. The van der Waals surface area contributed by atoms with Gasteiger partial charge in [-0.2, -0.15) is 5.10 Å². The lowest BCUT2D eigenvalue weighted by Crippen LogP contribution is -2.18. The van der Waals surface area contributed by atoms with Gasteiger partial charge in [-0.1, -0.05) is 20.8 Å². The Morgan fingerprint density at radius 2 is 2.17 bits per heavy atom. The summed E-state index contributed by atoms with van der Waals surface area (Å²) in [7, 11) is 0. The molecule has 0 N–H and O–H groups in total. The first kappa shape index (κ1) is 9.59. The minimum absolute atomic E-state index is 0.155. The van der Waals surface area contributed by atoms with Crippen LogP contribution in [0.15, 0.2) is 12.3 Å². The molecule has 12 heavy (non-hydrogen) atoms. The van der Waals surface area contributed by atoms with Crippen LogP contribution in [0.1, 0.15) is 26.5 Å². The Bertz CT molecular complexity index is 247. The van der Waals surface area contributed by atoms with E-state index < -0.39 is 0 Å². The molecule has 0 saturated carbocycles. The molecule has 0 unspecified atom stereocenters. The molecule has 1 aromatic heterocycles. The molecule has 1 rings (SSSR count). The van der Waals surface area contributed by atoms with E-state index in [2.05, 4.69) is 25.9 Å². The second kappa shape index (κ2) is 3.48. The molecule has 0 bridgehead atoms. The number of hydrogen-bond donors (Lipinski definition) is 0. The Balaban J connectivity index is 2.91. The molecule has 2 nitrogen and oxygen atoms in total. The van der Waals surface area contributed by atoms with Gasteiger partial charge in [0, 0.05) is 23.2 Å². The molecule has 0 aromatic carbocycles. The monoisotopic (exact) mass is 186 g/mol. The third kappa shape index (κ3) is 2.01. The smallest absolute Gasteiger partial charge is 0.0548 e. The van der Waals surface area contributed by atoms with E-state index in [0.717, 1.165) is 6.54 Å². The summed E-state index contributed by atoms with van der Waals surface area (Å²) in [6, 6.07) is 2.05. The Hall–Kier alpha value is -0.500. The summed E-state index contributed by atoms with van der Waals surface area (Å²) in [5.41, 5.74) is 1.39. The van der Waals surface area contributed by atoms with Gasteiger partial charge in [0.25, 0.3) is 0 Å². The number of aryl methyl sites for hydroxylation is 1.